The van der Waals surface area contributed by atoms with E-state index in [4.69, 9.17) is 15.2 Å². The van der Waals surface area contributed by atoms with Gasteiger partial charge in [-0.2, -0.15) is 0 Å². The van der Waals surface area contributed by atoms with Crippen molar-refractivity contribution in [3.8, 4) is 0 Å². The summed E-state index contributed by atoms with van der Waals surface area (Å²) in [6, 6.07) is 7.08. The Kier molecular flexibility index (Phi) is 5.91. The molecule has 2 rings (SSSR count). The number of nitrogens with two attached hydrogens (primary N) is 1. The largest absolute Gasteiger partial charge is 0.465 e. The number of anilines is 4. The molecule has 0 bridgehead atoms. The smallest absolute Gasteiger partial charge is 0.339 e. The number of methoxy groups -OCH3 is 2. The second kappa shape index (κ2) is 8.11. The van der Waals surface area contributed by atoms with Gasteiger partial charge in [0, 0.05) is 20.7 Å². The van der Waals surface area contributed by atoms with E-state index in [0.717, 1.165) is 0 Å². The number of nitrogens with zero attached hydrogens (tertiary/aromatic N) is 3. The zero-order chi connectivity index (χ0) is 17.5. The van der Waals surface area contributed by atoms with E-state index in [-0.39, 0.29) is 0 Å². The van der Waals surface area contributed by atoms with Crippen LogP contribution in [0, 0.1) is 0 Å². The van der Waals surface area contributed by atoms with Gasteiger partial charge in [0.15, 0.2) is 11.6 Å². The van der Waals surface area contributed by atoms with E-state index in [1.165, 1.54) is 13.4 Å². The van der Waals surface area contributed by atoms with Crippen molar-refractivity contribution < 1.29 is 14.3 Å². The molecule has 0 aliphatic carbocycles. The molecular weight excluding hydrogens is 310 g/mol. The van der Waals surface area contributed by atoms with Gasteiger partial charge in [0.2, 0.25) is 0 Å². The minimum absolute atomic E-state index is 0.385. The van der Waals surface area contributed by atoms with E-state index in [1.807, 2.05) is 6.07 Å². The van der Waals surface area contributed by atoms with Gasteiger partial charge in [-0.3, -0.25) is 0 Å². The summed E-state index contributed by atoms with van der Waals surface area (Å²) in [4.78, 5) is 22.1. The quantitative estimate of drug-likeness (QED) is 0.583. The number of para-hydroxylation sites is 1. The molecule has 0 saturated carbocycles. The first kappa shape index (κ1) is 17.5. The Hall–Kier alpha value is -2.87. The fourth-order valence-corrected chi connectivity index (χ4v) is 2.23. The maximum Gasteiger partial charge on any atom is 0.339 e. The molecule has 2 aromatic rings. The molecule has 0 spiro atoms. The van der Waals surface area contributed by atoms with Gasteiger partial charge in [-0.1, -0.05) is 12.1 Å². The average Bonchev–Trinajstić information content (AvgIpc) is 2.62. The molecule has 0 saturated heterocycles. The fourth-order valence-electron chi connectivity index (χ4n) is 2.23. The number of hydrogen-bond donors (Lipinski definition) is 2. The Balaban J connectivity index is 2.35. The first-order chi connectivity index (χ1) is 11.6. The third-order valence-corrected chi connectivity index (χ3v) is 3.45. The predicted molar refractivity (Wildman–Crippen MR) is 92.7 cm³/mol. The number of hydrogen-bond acceptors (Lipinski definition) is 8. The molecule has 8 heteroatoms. The van der Waals surface area contributed by atoms with E-state index in [1.54, 1.807) is 37.3 Å². The molecule has 0 amide bonds. The van der Waals surface area contributed by atoms with Crippen LogP contribution in [0.3, 0.4) is 0 Å². The van der Waals surface area contributed by atoms with Crippen LogP contribution < -0.4 is 16.0 Å². The molecule has 0 aliphatic rings. The monoisotopic (exact) mass is 331 g/mol. The summed E-state index contributed by atoms with van der Waals surface area (Å²) in [5.41, 5.74) is 7.62. The van der Waals surface area contributed by atoms with Crippen molar-refractivity contribution in [1.29, 1.82) is 0 Å². The van der Waals surface area contributed by atoms with Gasteiger partial charge in [-0.15, -0.1) is 0 Å². The average molecular weight is 331 g/mol. The molecule has 128 valence electrons. The number of nitrogens with one attached hydrogen (secondary N) is 1. The highest BCUT2D eigenvalue weighted by Gasteiger charge is 2.19. The van der Waals surface area contributed by atoms with Gasteiger partial charge in [0.1, 0.15) is 12.0 Å². The summed E-state index contributed by atoms with van der Waals surface area (Å²) in [6.45, 7) is 1.10. The van der Waals surface area contributed by atoms with Crippen LogP contribution in [-0.4, -0.2) is 50.4 Å². The van der Waals surface area contributed by atoms with E-state index in [2.05, 4.69) is 15.3 Å². The molecule has 24 heavy (non-hydrogen) atoms. The van der Waals surface area contributed by atoms with Crippen LogP contribution in [0.4, 0.5) is 23.0 Å². The number of nitrogen functional groups attached to an aromatic ring is 1. The maximum absolute atomic E-state index is 12.0. The van der Waals surface area contributed by atoms with E-state index >= 15 is 0 Å². The number of rotatable bonds is 7. The minimum Gasteiger partial charge on any atom is -0.465 e. The lowest BCUT2D eigenvalue weighted by Gasteiger charge is -2.22. The summed E-state index contributed by atoms with van der Waals surface area (Å²) >= 11 is 0. The number of ether oxygens (including phenoxy) is 2. The van der Waals surface area contributed by atoms with Gasteiger partial charge in [0.05, 0.1) is 25.0 Å². The molecule has 8 nitrogen and oxygen atoms in total. The SMILES string of the molecule is COCCNc1ncnc(N(C)c2ccccc2C(=O)OC)c1N. The van der Waals surface area contributed by atoms with Gasteiger partial charge < -0.3 is 25.4 Å². The van der Waals surface area contributed by atoms with Crippen molar-refractivity contribution in [1.82, 2.24) is 9.97 Å². The van der Waals surface area contributed by atoms with E-state index in [9.17, 15) is 4.79 Å². The van der Waals surface area contributed by atoms with E-state index < -0.39 is 5.97 Å². The van der Waals surface area contributed by atoms with Crippen molar-refractivity contribution in [3.05, 3.63) is 36.2 Å². The Morgan fingerprint density at radius 1 is 1.29 bits per heavy atom. The molecular formula is C16H21N5O3. The minimum atomic E-state index is -0.427. The van der Waals surface area contributed by atoms with Gasteiger partial charge in [-0.25, -0.2) is 14.8 Å². The predicted octanol–water partition coefficient (Wildman–Crippen LogP) is 1.67. The van der Waals surface area contributed by atoms with Gasteiger partial charge in [0.25, 0.3) is 0 Å². The summed E-state index contributed by atoms with van der Waals surface area (Å²) in [7, 11) is 4.74. The van der Waals surface area contributed by atoms with Crippen LogP contribution in [0.1, 0.15) is 10.4 Å². The number of benzene rings is 1. The topological polar surface area (TPSA) is 103 Å². The molecule has 0 fully saturated rings. The van der Waals surface area contributed by atoms with Gasteiger partial charge >= 0.3 is 5.97 Å². The Morgan fingerprint density at radius 2 is 2.04 bits per heavy atom. The summed E-state index contributed by atoms with van der Waals surface area (Å²) in [5.74, 6) is 0.573. The number of esters is 1. The summed E-state index contributed by atoms with van der Waals surface area (Å²) in [6.07, 6.45) is 1.41. The zero-order valence-corrected chi connectivity index (χ0v) is 13.9. The Bertz CT molecular complexity index is 708. The molecule has 0 aliphatic heterocycles. The maximum atomic E-state index is 12.0. The first-order valence-electron chi connectivity index (χ1n) is 7.34. The lowest BCUT2D eigenvalue weighted by Crippen LogP contribution is -2.19. The number of carbonyl (C=O) groups is 1. The van der Waals surface area contributed by atoms with Crippen molar-refractivity contribution in [2.75, 3.05) is 50.4 Å². The second-order valence-corrected chi connectivity index (χ2v) is 4.95. The van der Waals surface area contributed by atoms with Crippen molar-refractivity contribution in [2.24, 2.45) is 0 Å². The molecule has 0 atom stereocenters. The van der Waals surface area contributed by atoms with Gasteiger partial charge in [-0.05, 0) is 12.1 Å². The van der Waals surface area contributed by atoms with E-state index in [0.29, 0.717) is 41.7 Å². The van der Waals surface area contributed by atoms with Crippen LogP contribution in [-0.2, 0) is 9.47 Å². The number of carbonyl (C=O) groups excluding carboxylic acids is 1. The summed E-state index contributed by atoms with van der Waals surface area (Å²) in [5, 5.41) is 3.09. The molecule has 1 aromatic heterocycles. The molecule has 3 N–H and O–H groups in total. The van der Waals surface area contributed by atoms with Crippen LogP contribution in [0.25, 0.3) is 0 Å². The number of aromatic nitrogens is 2. The molecule has 1 heterocycles. The molecule has 0 unspecified atom stereocenters. The van der Waals surface area contributed by atoms with Crippen molar-refractivity contribution in [2.45, 2.75) is 0 Å². The first-order valence-corrected chi connectivity index (χ1v) is 7.34. The Morgan fingerprint density at radius 3 is 2.75 bits per heavy atom. The molecule has 0 radical (unpaired) electrons. The van der Waals surface area contributed by atoms with Crippen LogP contribution in [0.15, 0.2) is 30.6 Å². The second-order valence-electron chi connectivity index (χ2n) is 4.95. The van der Waals surface area contributed by atoms with Crippen molar-refractivity contribution >= 4 is 29.0 Å². The van der Waals surface area contributed by atoms with Crippen LogP contribution in [0.5, 0.6) is 0 Å². The van der Waals surface area contributed by atoms with Crippen LogP contribution >= 0.6 is 0 Å². The lowest BCUT2D eigenvalue weighted by atomic mass is 10.1. The lowest BCUT2D eigenvalue weighted by molar-refractivity contribution is 0.0601. The van der Waals surface area contributed by atoms with Crippen molar-refractivity contribution in [3.63, 3.8) is 0 Å². The Labute approximate surface area is 140 Å². The molecule has 1 aromatic carbocycles. The fraction of sp³-hybridized carbons (Fsp3) is 0.312. The highest BCUT2D eigenvalue weighted by molar-refractivity contribution is 5.97. The third kappa shape index (κ3) is 3.72. The normalized spacial score (nSPS) is 10.3. The highest BCUT2D eigenvalue weighted by atomic mass is 16.5. The standard InChI is InChI=1S/C16H21N5O3/c1-21(12-7-5-4-6-11(12)16(22)24-3)15-13(17)14(19-10-20-15)18-8-9-23-2/h4-7,10H,8-9,17H2,1-3H3,(H,18,19,20). The summed E-state index contributed by atoms with van der Waals surface area (Å²) < 4.78 is 9.82. The van der Waals surface area contributed by atoms with Crippen LogP contribution in [0.2, 0.25) is 0 Å². The zero-order valence-electron chi connectivity index (χ0n) is 13.9. The highest BCUT2D eigenvalue weighted by Crippen LogP contribution is 2.32. The third-order valence-electron chi connectivity index (χ3n) is 3.45.